The van der Waals surface area contributed by atoms with Gasteiger partial charge in [-0.3, -0.25) is 0 Å². The molecule has 4 aromatic rings. The molecule has 190 valence electrons. The van der Waals surface area contributed by atoms with Crippen molar-refractivity contribution in [3.8, 4) is 6.07 Å². The molecule has 0 spiro atoms. The molecular formula is C32H29F4N. The summed E-state index contributed by atoms with van der Waals surface area (Å²) in [6.45, 7) is 2.09. The maximum atomic E-state index is 15.2. The number of benzene rings is 4. The van der Waals surface area contributed by atoms with Crippen LogP contribution in [0.2, 0.25) is 0 Å². The van der Waals surface area contributed by atoms with E-state index in [1.807, 2.05) is 12.1 Å². The zero-order chi connectivity index (χ0) is 26.4. The Balaban J connectivity index is 1.44. The van der Waals surface area contributed by atoms with Gasteiger partial charge in [0.1, 0.15) is 29.3 Å². The third kappa shape index (κ3) is 6.38. The Bertz CT molecular complexity index is 1430. The highest BCUT2D eigenvalue weighted by molar-refractivity contribution is 5.84. The van der Waals surface area contributed by atoms with E-state index in [4.69, 9.17) is 5.26 Å². The molecule has 0 aliphatic heterocycles. The van der Waals surface area contributed by atoms with Crippen molar-refractivity contribution >= 4 is 10.8 Å². The highest BCUT2D eigenvalue weighted by atomic mass is 19.1. The predicted molar refractivity (Wildman–Crippen MR) is 139 cm³/mol. The molecule has 5 heteroatoms. The normalized spacial score (nSPS) is 11.1. The molecule has 4 aromatic carbocycles. The molecule has 37 heavy (non-hydrogen) atoms. The number of aryl methyl sites for hydroxylation is 4. The molecule has 0 N–H and O–H groups in total. The van der Waals surface area contributed by atoms with E-state index in [9.17, 15) is 13.2 Å². The number of hydrogen-bond donors (Lipinski definition) is 0. The molecule has 4 rings (SSSR count). The van der Waals surface area contributed by atoms with Crippen molar-refractivity contribution in [2.45, 2.75) is 58.3 Å². The highest BCUT2D eigenvalue weighted by Crippen LogP contribution is 2.25. The van der Waals surface area contributed by atoms with Crippen LogP contribution in [0.1, 0.15) is 59.6 Å². The van der Waals surface area contributed by atoms with Crippen LogP contribution in [0.5, 0.6) is 0 Å². The van der Waals surface area contributed by atoms with Gasteiger partial charge in [0.05, 0.1) is 5.56 Å². The lowest BCUT2D eigenvalue weighted by molar-refractivity contribution is 0.550. The van der Waals surface area contributed by atoms with Gasteiger partial charge in [-0.25, -0.2) is 17.6 Å². The number of nitrogens with zero attached hydrogens (tertiary/aromatic N) is 1. The highest BCUT2D eigenvalue weighted by Gasteiger charge is 2.13. The molecule has 0 amide bonds. The van der Waals surface area contributed by atoms with Crippen LogP contribution in [0.25, 0.3) is 10.8 Å². The minimum atomic E-state index is -0.575. The van der Waals surface area contributed by atoms with Crippen LogP contribution in [0.3, 0.4) is 0 Å². The first-order chi connectivity index (χ1) is 17.9. The maximum Gasteiger partial charge on any atom is 0.141 e. The van der Waals surface area contributed by atoms with Crippen molar-refractivity contribution in [1.29, 1.82) is 5.26 Å². The van der Waals surface area contributed by atoms with Gasteiger partial charge < -0.3 is 0 Å². The lowest BCUT2D eigenvalue weighted by atomic mass is 9.96. The van der Waals surface area contributed by atoms with Crippen LogP contribution in [0.15, 0.2) is 60.7 Å². The number of halogens is 4. The second-order valence-electron chi connectivity index (χ2n) is 9.52. The van der Waals surface area contributed by atoms with E-state index in [1.165, 1.54) is 24.3 Å². The van der Waals surface area contributed by atoms with Gasteiger partial charge >= 0.3 is 0 Å². The quantitative estimate of drug-likeness (QED) is 0.157. The Kier molecular flexibility index (Phi) is 8.61. The molecule has 1 nitrogen and oxygen atoms in total. The molecule has 0 radical (unpaired) electrons. The summed E-state index contributed by atoms with van der Waals surface area (Å²) in [5.41, 5.74) is 2.85. The summed E-state index contributed by atoms with van der Waals surface area (Å²) in [4.78, 5) is 0. The van der Waals surface area contributed by atoms with Crippen LogP contribution in [0.4, 0.5) is 17.6 Å². The smallest absolute Gasteiger partial charge is 0.141 e. The van der Waals surface area contributed by atoms with Crippen molar-refractivity contribution in [3.05, 3.63) is 117 Å². The number of nitriles is 1. The molecule has 0 aromatic heterocycles. The maximum absolute atomic E-state index is 15.2. The summed E-state index contributed by atoms with van der Waals surface area (Å²) in [5.74, 6) is -1.92. The van der Waals surface area contributed by atoms with Crippen LogP contribution >= 0.6 is 0 Å². The van der Waals surface area contributed by atoms with E-state index >= 15 is 4.39 Å². The fourth-order valence-electron chi connectivity index (χ4n) is 4.71. The Morgan fingerprint density at radius 3 is 2.03 bits per heavy atom. The van der Waals surface area contributed by atoms with Crippen LogP contribution in [-0.4, -0.2) is 0 Å². The molecule has 0 fully saturated rings. The number of fused-ring (bicyclic) bond motifs is 1. The topological polar surface area (TPSA) is 23.8 Å². The molecule has 0 bridgehead atoms. The Morgan fingerprint density at radius 1 is 0.649 bits per heavy atom. The second-order valence-corrected chi connectivity index (χ2v) is 9.52. The van der Waals surface area contributed by atoms with Gasteiger partial charge in [0.15, 0.2) is 0 Å². The minimum absolute atomic E-state index is 0.0126. The zero-order valence-electron chi connectivity index (χ0n) is 20.9. The van der Waals surface area contributed by atoms with Crippen molar-refractivity contribution in [2.24, 2.45) is 0 Å². The summed E-state index contributed by atoms with van der Waals surface area (Å²) in [6.07, 6.45) is 5.17. The van der Waals surface area contributed by atoms with Crippen molar-refractivity contribution in [2.75, 3.05) is 0 Å². The monoisotopic (exact) mass is 503 g/mol. The summed E-state index contributed by atoms with van der Waals surface area (Å²) in [6, 6.07) is 18.0. The van der Waals surface area contributed by atoms with Gasteiger partial charge in [-0.15, -0.1) is 0 Å². The van der Waals surface area contributed by atoms with Crippen molar-refractivity contribution in [3.63, 3.8) is 0 Å². The van der Waals surface area contributed by atoms with Crippen LogP contribution < -0.4 is 0 Å². The van der Waals surface area contributed by atoms with E-state index in [2.05, 4.69) is 6.92 Å². The SMILES string of the molecule is CCCCCc1cc(F)c(CCc2ccc3c(F)c(CCc4ccc(C#N)c(F)c4)ccc3c2)c(F)c1. The van der Waals surface area contributed by atoms with Gasteiger partial charge in [0.2, 0.25) is 0 Å². The molecule has 0 unspecified atom stereocenters. The van der Waals surface area contributed by atoms with E-state index in [1.54, 1.807) is 30.3 Å². The first-order valence-electron chi connectivity index (χ1n) is 12.7. The summed E-state index contributed by atoms with van der Waals surface area (Å²) < 4.78 is 58.3. The largest absolute Gasteiger partial charge is 0.207 e. The van der Waals surface area contributed by atoms with E-state index in [0.29, 0.717) is 47.8 Å². The van der Waals surface area contributed by atoms with Gasteiger partial charge in [0, 0.05) is 10.9 Å². The van der Waals surface area contributed by atoms with Crippen molar-refractivity contribution in [1.82, 2.24) is 0 Å². The fourth-order valence-corrected chi connectivity index (χ4v) is 4.71. The Morgan fingerprint density at radius 2 is 1.32 bits per heavy atom. The van der Waals surface area contributed by atoms with E-state index in [-0.39, 0.29) is 23.4 Å². The van der Waals surface area contributed by atoms with Crippen LogP contribution in [-0.2, 0) is 32.1 Å². The third-order valence-electron chi connectivity index (χ3n) is 6.87. The van der Waals surface area contributed by atoms with E-state index in [0.717, 1.165) is 30.2 Å². The first kappa shape index (κ1) is 26.4. The van der Waals surface area contributed by atoms with Crippen LogP contribution in [0, 0.1) is 34.6 Å². The summed E-state index contributed by atoms with van der Waals surface area (Å²) in [5, 5.41) is 10.1. The number of hydrogen-bond acceptors (Lipinski definition) is 1. The lowest BCUT2D eigenvalue weighted by Crippen LogP contribution is -2.02. The van der Waals surface area contributed by atoms with Crippen molar-refractivity contribution < 1.29 is 17.6 Å². The lowest BCUT2D eigenvalue weighted by Gasteiger charge is -2.11. The molecule has 0 aliphatic rings. The number of rotatable bonds is 10. The van der Waals surface area contributed by atoms with Gasteiger partial charge in [-0.2, -0.15) is 5.26 Å². The number of unbranched alkanes of at least 4 members (excludes halogenated alkanes) is 2. The zero-order valence-corrected chi connectivity index (χ0v) is 20.9. The first-order valence-corrected chi connectivity index (χ1v) is 12.7. The van der Waals surface area contributed by atoms with E-state index < -0.39 is 17.5 Å². The molecule has 0 saturated heterocycles. The molecule has 0 aliphatic carbocycles. The van der Waals surface area contributed by atoms with Gasteiger partial charge in [-0.1, -0.05) is 56.2 Å². The molecule has 0 atom stereocenters. The third-order valence-corrected chi connectivity index (χ3v) is 6.87. The second kappa shape index (κ2) is 12.1. The molecule has 0 saturated carbocycles. The van der Waals surface area contributed by atoms with Gasteiger partial charge in [0.25, 0.3) is 0 Å². The van der Waals surface area contributed by atoms with Gasteiger partial charge in [-0.05, 0) is 90.4 Å². The predicted octanol–water partition coefficient (Wildman–Crippen LogP) is 8.57. The fraction of sp³-hybridized carbons (Fsp3) is 0.281. The minimum Gasteiger partial charge on any atom is -0.207 e. The molecule has 0 heterocycles. The standard InChI is InChI=1S/C32H29F4N/c1-2-3-4-5-23-18-30(34)28(31(35)19-23)15-9-21-8-14-27-25(16-21)13-12-24(32(27)36)10-6-22-7-11-26(20-37)29(33)17-22/h7-8,11-14,16-19H,2-6,9-10,15H2,1H3. The molecular weight excluding hydrogens is 474 g/mol. The summed E-state index contributed by atoms with van der Waals surface area (Å²) >= 11 is 0. The average Bonchev–Trinajstić information content (AvgIpc) is 2.88. The Labute approximate surface area is 215 Å². The summed E-state index contributed by atoms with van der Waals surface area (Å²) in [7, 11) is 0. The average molecular weight is 504 g/mol. The Hall–Kier alpha value is -3.65.